The first kappa shape index (κ1) is 14.3. The molecule has 2 rings (SSSR count). The maximum atomic E-state index is 12.1. The molecular formula is C14H19ClN2OSi. The summed E-state index contributed by atoms with van der Waals surface area (Å²) in [6.45, 7) is 8.44. The number of carbonyl (C=O) groups excluding carboxylic acids is 1. The molecule has 1 heterocycles. The van der Waals surface area contributed by atoms with E-state index < -0.39 is 8.24 Å². The summed E-state index contributed by atoms with van der Waals surface area (Å²) in [4.78, 5) is 12.1. The molecule has 1 aromatic carbocycles. The summed E-state index contributed by atoms with van der Waals surface area (Å²) in [6, 6.07) is 7.66. The van der Waals surface area contributed by atoms with Crippen LogP contribution in [0.5, 0.6) is 0 Å². The van der Waals surface area contributed by atoms with Crippen molar-refractivity contribution in [1.29, 1.82) is 0 Å². The van der Waals surface area contributed by atoms with Crippen molar-refractivity contribution in [3.8, 4) is 0 Å². The normalized spacial score (nSPS) is 20.5. The Hall–Kier alpha value is -1.13. The Balaban J connectivity index is 2.42. The van der Waals surface area contributed by atoms with E-state index in [-0.39, 0.29) is 11.8 Å². The van der Waals surface area contributed by atoms with E-state index in [1.807, 2.05) is 31.2 Å². The summed E-state index contributed by atoms with van der Waals surface area (Å²) < 4.78 is 1.73. The van der Waals surface area contributed by atoms with Crippen molar-refractivity contribution in [3.05, 3.63) is 34.9 Å². The minimum Gasteiger partial charge on any atom is -0.274 e. The molecule has 1 aromatic rings. The molecule has 3 nitrogen and oxygen atoms in total. The lowest BCUT2D eigenvalue weighted by molar-refractivity contribution is -0.128. The van der Waals surface area contributed by atoms with Gasteiger partial charge in [0.1, 0.15) is 0 Å². The SMILES string of the molecule is CC1CC(=O)N([Si](C)(C)C)N=C1c1ccc(Cl)cc1. The molecule has 0 aromatic heterocycles. The van der Waals surface area contributed by atoms with Crippen LogP contribution < -0.4 is 0 Å². The largest absolute Gasteiger partial charge is 0.274 e. The van der Waals surface area contributed by atoms with E-state index in [4.69, 9.17) is 11.6 Å². The Labute approximate surface area is 120 Å². The molecule has 0 bridgehead atoms. The van der Waals surface area contributed by atoms with Gasteiger partial charge in [-0.05, 0) is 37.3 Å². The van der Waals surface area contributed by atoms with E-state index in [1.165, 1.54) is 0 Å². The predicted molar refractivity (Wildman–Crippen MR) is 82.0 cm³/mol. The van der Waals surface area contributed by atoms with Gasteiger partial charge in [-0.1, -0.05) is 30.7 Å². The van der Waals surface area contributed by atoms with Crippen LogP contribution in [-0.2, 0) is 4.79 Å². The molecule has 0 saturated carbocycles. The lowest BCUT2D eigenvalue weighted by Crippen LogP contribution is -2.50. The number of halogens is 1. The average Bonchev–Trinajstić information content (AvgIpc) is 2.29. The van der Waals surface area contributed by atoms with Gasteiger partial charge in [0.05, 0.1) is 5.71 Å². The van der Waals surface area contributed by atoms with Gasteiger partial charge in [-0.2, -0.15) is 5.10 Å². The maximum absolute atomic E-state index is 12.1. The van der Waals surface area contributed by atoms with Crippen LogP contribution in [0.3, 0.4) is 0 Å². The summed E-state index contributed by atoms with van der Waals surface area (Å²) in [5.74, 6) is 0.297. The van der Waals surface area contributed by atoms with Gasteiger partial charge in [-0.15, -0.1) is 0 Å². The van der Waals surface area contributed by atoms with Crippen molar-refractivity contribution < 1.29 is 4.79 Å². The highest BCUT2D eigenvalue weighted by molar-refractivity contribution is 6.75. The Kier molecular flexibility index (Phi) is 3.83. The Bertz CT molecular complexity index is 519. The van der Waals surface area contributed by atoms with E-state index in [9.17, 15) is 4.79 Å². The third-order valence-corrected chi connectivity index (χ3v) is 5.04. The molecule has 0 spiro atoms. The monoisotopic (exact) mass is 294 g/mol. The first-order chi connectivity index (χ1) is 8.79. The number of hydrazone groups is 1. The molecule has 102 valence electrons. The van der Waals surface area contributed by atoms with Gasteiger partial charge in [0.15, 0.2) is 8.24 Å². The predicted octanol–water partition coefficient (Wildman–Crippen LogP) is 3.75. The zero-order valence-corrected chi connectivity index (χ0v) is 13.5. The van der Waals surface area contributed by atoms with Crippen LogP contribution in [0.1, 0.15) is 18.9 Å². The van der Waals surface area contributed by atoms with Crippen molar-refractivity contribution in [1.82, 2.24) is 4.67 Å². The molecule has 0 radical (unpaired) electrons. The lowest BCUT2D eigenvalue weighted by Gasteiger charge is -2.35. The van der Waals surface area contributed by atoms with Gasteiger partial charge in [0.2, 0.25) is 5.91 Å². The fraction of sp³-hybridized carbons (Fsp3) is 0.429. The molecule has 0 aliphatic carbocycles. The van der Waals surface area contributed by atoms with E-state index in [1.54, 1.807) is 4.67 Å². The highest BCUT2D eigenvalue weighted by atomic mass is 35.5. The molecule has 0 saturated heterocycles. The Morgan fingerprint density at radius 1 is 1.26 bits per heavy atom. The number of hydrogen-bond donors (Lipinski definition) is 0. The van der Waals surface area contributed by atoms with E-state index >= 15 is 0 Å². The first-order valence-corrected chi connectivity index (χ1v) is 10.3. The second-order valence-corrected chi connectivity index (χ2v) is 11.2. The summed E-state index contributed by atoms with van der Waals surface area (Å²) >= 11 is 5.91. The van der Waals surface area contributed by atoms with Crippen molar-refractivity contribution in [2.24, 2.45) is 11.0 Å². The fourth-order valence-electron chi connectivity index (χ4n) is 2.19. The third-order valence-electron chi connectivity index (χ3n) is 3.17. The van der Waals surface area contributed by atoms with E-state index in [2.05, 4.69) is 24.7 Å². The number of carbonyl (C=O) groups is 1. The van der Waals surface area contributed by atoms with Gasteiger partial charge < -0.3 is 0 Å². The maximum Gasteiger partial charge on any atom is 0.235 e. The van der Waals surface area contributed by atoms with Crippen LogP contribution >= 0.6 is 11.6 Å². The highest BCUT2D eigenvalue weighted by Gasteiger charge is 2.34. The lowest BCUT2D eigenvalue weighted by atomic mass is 9.94. The zero-order valence-electron chi connectivity index (χ0n) is 11.8. The van der Waals surface area contributed by atoms with Crippen LogP contribution in [0.15, 0.2) is 29.4 Å². The second-order valence-electron chi connectivity index (χ2n) is 5.97. The van der Waals surface area contributed by atoms with Crippen LogP contribution in [0.2, 0.25) is 24.7 Å². The number of benzene rings is 1. The van der Waals surface area contributed by atoms with Crippen molar-refractivity contribution >= 4 is 31.5 Å². The van der Waals surface area contributed by atoms with Crippen LogP contribution in [0, 0.1) is 5.92 Å². The van der Waals surface area contributed by atoms with Crippen LogP contribution in [0.4, 0.5) is 0 Å². The number of amides is 1. The first-order valence-electron chi connectivity index (χ1n) is 6.46. The summed E-state index contributed by atoms with van der Waals surface area (Å²) in [5, 5.41) is 5.35. The van der Waals surface area contributed by atoms with Gasteiger partial charge >= 0.3 is 0 Å². The molecule has 0 fully saturated rings. The summed E-state index contributed by atoms with van der Waals surface area (Å²) in [5.41, 5.74) is 2.03. The Morgan fingerprint density at radius 3 is 2.37 bits per heavy atom. The molecular weight excluding hydrogens is 276 g/mol. The standard InChI is InChI=1S/C14H19ClN2OSi/c1-10-9-13(18)17(19(2,3)4)16-14(10)11-5-7-12(15)8-6-11/h5-8,10H,9H2,1-4H3. The molecule has 1 aliphatic heterocycles. The van der Waals surface area contributed by atoms with E-state index in [0.717, 1.165) is 11.3 Å². The smallest absolute Gasteiger partial charge is 0.235 e. The number of hydrogen-bond acceptors (Lipinski definition) is 2. The third kappa shape index (κ3) is 3.07. The van der Waals surface area contributed by atoms with Gasteiger partial charge in [0, 0.05) is 17.4 Å². The zero-order chi connectivity index (χ0) is 14.2. The quantitative estimate of drug-likeness (QED) is 0.765. The van der Waals surface area contributed by atoms with E-state index in [0.29, 0.717) is 11.4 Å². The summed E-state index contributed by atoms with van der Waals surface area (Å²) in [7, 11) is -1.76. The van der Waals surface area contributed by atoms with Crippen molar-refractivity contribution in [2.75, 3.05) is 0 Å². The topological polar surface area (TPSA) is 32.7 Å². The minimum absolute atomic E-state index is 0.143. The van der Waals surface area contributed by atoms with Crippen LogP contribution in [-0.4, -0.2) is 24.5 Å². The molecule has 1 unspecified atom stereocenters. The molecule has 1 atom stereocenters. The fourth-order valence-corrected chi connectivity index (χ4v) is 3.57. The Morgan fingerprint density at radius 2 is 1.84 bits per heavy atom. The van der Waals surface area contributed by atoms with Crippen LogP contribution in [0.25, 0.3) is 0 Å². The summed E-state index contributed by atoms with van der Waals surface area (Å²) in [6.07, 6.45) is 0.533. The number of rotatable bonds is 2. The molecule has 1 aliphatic rings. The van der Waals surface area contributed by atoms with Gasteiger partial charge in [-0.3, -0.25) is 9.47 Å². The minimum atomic E-state index is -1.76. The van der Waals surface area contributed by atoms with Gasteiger partial charge in [0.25, 0.3) is 0 Å². The molecule has 5 heteroatoms. The van der Waals surface area contributed by atoms with Gasteiger partial charge in [-0.25, -0.2) is 0 Å². The molecule has 0 N–H and O–H groups in total. The van der Waals surface area contributed by atoms with Crippen molar-refractivity contribution in [2.45, 2.75) is 33.0 Å². The second kappa shape index (κ2) is 5.10. The van der Waals surface area contributed by atoms with Crippen molar-refractivity contribution in [3.63, 3.8) is 0 Å². The average molecular weight is 295 g/mol. The number of nitrogens with zero attached hydrogens (tertiary/aromatic N) is 2. The highest BCUT2D eigenvalue weighted by Crippen LogP contribution is 2.25. The molecule has 19 heavy (non-hydrogen) atoms. The molecule has 1 amide bonds.